The molecular formula is C61H106O6. The van der Waals surface area contributed by atoms with Gasteiger partial charge in [-0.15, -0.1) is 0 Å². The molecule has 0 N–H and O–H groups in total. The zero-order chi connectivity index (χ0) is 48.6. The van der Waals surface area contributed by atoms with Crippen LogP contribution in [-0.4, -0.2) is 37.2 Å². The predicted octanol–water partition coefficient (Wildman–Crippen LogP) is 19.0. The number of carbonyl (C=O) groups is 3. The van der Waals surface area contributed by atoms with Gasteiger partial charge >= 0.3 is 17.9 Å². The monoisotopic (exact) mass is 935 g/mol. The van der Waals surface area contributed by atoms with Crippen LogP contribution in [0, 0.1) is 0 Å². The first kappa shape index (κ1) is 63.8. The maximum Gasteiger partial charge on any atom is 0.306 e. The third kappa shape index (κ3) is 53.7. The average molecular weight is 936 g/mol. The van der Waals surface area contributed by atoms with Crippen LogP contribution in [0.25, 0.3) is 0 Å². The van der Waals surface area contributed by atoms with E-state index in [-0.39, 0.29) is 31.1 Å². The van der Waals surface area contributed by atoms with Crippen molar-refractivity contribution in [1.82, 2.24) is 0 Å². The summed E-state index contributed by atoms with van der Waals surface area (Å²) < 4.78 is 16.8. The Labute approximate surface area is 414 Å². The van der Waals surface area contributed by atoms with Gasteiger partial charge in [0, 0.05) is 19.3 Å². The van der Waals surface area contributed by atoms with Crippen molar-refractivity contribution in [3.05, 3.63) is 72.9 Å². The molecule has 0 rings (SSSR count). The quantitative estimate of drug-likeness (QED) is 0.0262. The number of rotatable bonds is 51. The number of unbranched alkanes of at least 4 members (excludes halogenated alkanes) is 28. The maximum absolute atomic E-state index is 12.9. The van der Waals surface area contributed by atoms with Crippen molar-refractivity contribution < 1.29 is 28.6 Å². The van der Waals surface area contributed by atoms with Gasteiger partial charge in [-0.3, -0.25) is 14.4 Å². The molecule has 0 bridgehead atoms. The van der Waals surface area contributed by atoms with Gasteiger partial charge in [0.05, 0.1) is 0 Å². The molecule has 0 aromatic rings. The van der Waals surface area contributed by atoms with E-state index in [1.54, 1.807) is 0 Å². The lowest BCUT2D eigenvalue weighted by atomic mass is 10.0. The molecule has 0 radical (unpaired) electrons. The second-order valence-electron chi connectivity index (χ2n) is 18.8. The Hall–Kier alpha value is -3.15. The molecule has 0 heterocycles. The molecule has 0 saturated heterocycles. The van der Waals surface area contributed by atoms with Crippen LogP contribution in [0.3, 0.4) is 0 Å². The van der Waals surface area contributed by atoms with E-state index in [1.165, 1.54) is 128 Å². The highest BCUT2D eigenvalue weighted by molar-refractivity contribution is 5.71. The topological polar surface area (TPSA) is 78.9 Å². The lowest BCUT2D eigenvalue weighted by Gasteiger charge is -2.18. The molecule has 386 valence electrons. The lowest BCUT2D eigenvalue weighted by Crippen LogP contribution is -2.30. The fourth-order valence-corrected chi connectivity index (χ4v) is 7.93. The van der Waals surface area contributed by atoms with Crippen molar-refractivity contribution in [2.24, 2.45) is 0 Å². The number of hydrogen-bond donors (Lipinski definition) is 0. The smallest absolute Gasteiger partial charge is 0.306 e. The largest absolute Gasteiger partial charge is 0.462 e. The molecule has 0 amide bonds. The normalized spacial score (nSPS) is 12.6. The first-order valence-electron chi connectivity index (χ1n) is 28.4. The summed E-state index contributed by atoms with van der Waals surface area (Å²) in [5.41, 5.74) is 0. The van der Waals surface area contributed by atoms with Gasteiger partial charge < -0.3 is 14.2 Å². The van der Waals surface area contributed by atoms with Gasteiger partial charge in [0.2, 0.25) is 0 Å². The molecule has 0 aromatic heterocycles. The Morgan fingerprint density at radius 2 is 0.582 bits per heavy atom. The summed E-state index contributed by atoms with van der Waals surface area (Å²) in [7, 11) is 0. The highest BCUT2D eigenvalue weighted by atomic mass is 16.6. The van der Waals surface area contributed by atoms with Crippen molar-refractivity contribution in [2.45, 2.75) is 284 Å². The van der Waals surface area contributed by atoms with Gasteiger partial charge in [-0.2, -0.15) is 0 Å². The van der Waals surface area contributed by atoms with Gasteiger partial charge in [0.25, 0.3) is 0 Å². The van der Waals surface area contributed by atoms with Crippen molar-refractivity contribution in [3.63, 3.8) is 0 Å². The molecule has 1 unspecified atom stereocenters. The first-order chi connectivity index (χ1) is 33.0. The van der Waals surface area contributed by atoms with E-state index in [1.807, 2.05) is 0 Å². The van der Waals surface area contributed by atoms with E-state index in [9.17, 15) is 14.4 Å². The fraction of sp³-hybridized carbons (Fsp3) is 0.754. The van der Waals surface area contributed by atoms with E-state index < -0.39 is 6.10 Å². The zero-order valence-electron chi connectivity index (χ0n) is 44.2. The van der Waals surface area contributed by atoms with Gasteiger partial charge in [-0.1, -0.05) is 241 Å². The predicted molar refractivity (Wildman–Crippen MR) is 288 cm³/mol. The van der Waals surface area contributed by atoms with Crippen LogP contribution in [0.1, 0.15) is 278 Å². The third-order valence-corrected chi connectivity index (χ3v) is 12.2. The number of carbonyl (C=O) groups excluding carboxylic acids is 3. The van der Waals surface area contributed by atoms with Crippen molar-refractivity contribution in [1.29, 1.82) is 0 Å². The number of esters is 3. The van der Waals surface area contributed by atoms with Crippen molar-refractivity contribution in [3.8, 4) is 0 Å². The van der Waals surface area contributed by atoms with Crippen LogP contribution in [0.4, 0.5) is 0 Å². The van der Waals surface area contributed by atoms with Crippen LogP contribution in [0.5, 0.6) is 0 Å². The molecule has 6 heteroatoms. The standard InChI is InChI=1S/C61H106O6/c1-4-7-10-13-16-19-22-25-28-30-33-36-39-42-45-48-51-54-60(63)66-57-58(56-65-59(62)53-50-47-44-41-38-35-32-27-24-21-18-15-12-9-6-3)67-61(64)55-52-49-46-43-40-37-34-31-29-26-23-20-17-14-11-8-5-2/h7,10,16-17,19-20,25-26,28-29,33,36,58H,4-6,8-9,11-15,18,21-24,27,30-32,34-35,37-57H2,1-3H3/b10-7-,19-16-,20-17-,28-25-,29-26-,36-33-. The summed E-state index contributed by atoms with van der Waals surface area (Å²) >= 11 is 0. The van der Waals surface area contributed by atoms with Gasteiger partial charge in [-0.25, -0.2) is 0 Å². The molecule has 0 saturated carbocycles. The SMILES string of the molecule is CC/C=C\C/C=C\C/C=C\C/C=C\CCCCCCC(=O)OCC(COC(=O)CCCCCCCCCCCCCCCCC)OC(=O)CCCCCCCCC/C=C\C/C=C\CCCCC. The minimum Gasteiger partial charge on any atom is -0.462 e. The second-order valence-corrected chi connectivity index (χ2v) is 18.8. The Kier molecular flexibility index (Phi) is 52.8. The highest BCUT2D eigenvalue weighted by Gasteiger charge is 2.19. The van der Waals surface area contributed by atoms with Crippen LogP contribution in [0.15, 0.2) is 72.9 Å². The second kappa shape index (κ2) is 55.4. The number of hydrogen-bond acceptors (Lipinski definition) is 6. The molecule has 0 aliphatic heterocycles. The summed E-state index contributed by atoms with van der Waals surface area (Å²) in [5, 5.41) is 0. The van der Waals surface area contributed by atoms with E-state index in [4.69, 9.17) is 14.2 Å². The Morgan fingerprint density at radius 3 is 0.940 bits per heavy atom. The number of ether oxygens (including phenoxy) is 3. The van der Waals surface area contributed by atoms with E-state index in [2.05, 4.69) is 93.7 Å². The molecule has 0 fully saturated rings. The Bertz CT molecular complexity index is 1260. The minimum absolute atomic E-state index is 0.0845. The summed E-state index contributed by atoms with van der Waals surface area (Å²) in [6, 6.07) is 0. The molecule has 1 atom stereocenters. The van der Waals surface area contributed by atoms with Crippen LogP contribution in [-0.2, 0) is 28.6 Å². The van der Waals surface area contributed by atoms with E-state index in [0.29, 0.717) is 19.3 Å². The fourth-order valence-electron chi connectivity index (χ4n) is 7.93. The molecular weight excluding hydrogens is 829 g/mol. The van der Waals surface area contributed by atoms with Crippen LogP contribution in [0.2, 0.25) is 0 Å². The maximum atomic E-state index is 12.9. The lowest BCUT2D eigenvalue weighted by molar-refractivity contribution is -0.167. The van der Waals surface area contributed by atoms with Gasteiger partial charge in [0.1, 0.15) is 13.2 Å². The Morgan fingerprint density at radius 1 is 0.313 bits per heavy atom. The van der Waals surface area contributed by atoms with Gasteiger partial charge in [-0.05, 0) is 89.9 Å². The van der Waals surface area contributed by atoms with Crippen LogP contribution < -0.4 is 0 Å². The van der Waals surface area contributed by atoms with Crippen LogP contribution >= 0.6 is 0 Å². The van der Waals surface area contributed by atoms with Crippen molar-refractivity contribution in [2.75, 3.05) is 13.2 Å². The van der Waals surface area contributed by atoms with Crippen molar-refractivity contribution >= 4 is 17.9 Å². The summed E-state index contributed by atoms with van der Waals surface area (Å²) in [6.07, 6.45) is 70.3. The summed E-state index contributed by atoms with van der Waals surface area (Å²) in [5.74, 6) is -0.908. The molecule has 67 heavy (non-hydrogen) atoms. The molecule has 6 nitrogen and oxygen atoms in total. The summed E-state index contributed by atoms with van der Waals surface area (Å²) in [4.78, 5) is 38.1. The molecule has 0 spiro atoms. The van der Waals surface area contributed by atoms with Gasteiger partial charge in [0.15, 0.2) is 6.10 Å². The first-order valence-corrected chi connectivity index (χ1v) is 28.4. The molecule has 0 aromatic carbocycles. The highest BCUT2D eigenvalue weighted by Crippen LogP contribution is 2.16. The average Bonchev–Trinajstić information content (AvgIpc) is 3.33. The summed E-state index contributed by atoms with van der Waals surface area (Å²) in [6.45, 7) is 6.50. The Balaban J connectivity index is 4.43. The third-order valence-electron chi connectivity index (χ3n) is 12.2. The number of allylic oxidation sites excluding steroid dienone is 12. The van der Waals surface area contributed by atoms with E-state index in [0.717, 1.165) is 109 Å². The molecule has 0 aliphatic carbocycles. The molecule has 0 aliphatic rings. The minimum atomic E-state index is -0.789. The zero-order valence-corrected chi connectivity index (χ0v) is 44.2. The van der Waals surface area contributed by atoms with E-state index >= 15 is 0 Å².